The number of benzene rings is 1. The van der Waals surface area contributed by atoms with Gasteiger partial charge in [0.15, 0.2) is 17.3 Å². The third-order valence-corrected chi connectivity index (χ3v) is 7.62. The minimum Gasteiger partial charge on any atom is -0.497 e. The van der Waals surface area contributed by atoms with Crippen LogP contribution in [-0.4, -0.2) is 57.1 Å². The number of likely N-dealkylation sites (tertiary alicyclic amines) is 1. The van der Waals surface area contributed by atoms with Gasteiger partial charge in [-0.2, -0.15) is 0 Å². The van der Waals surface area contributed by atoms with Crippen molar-refractivity contribution < 1.29 is 9.15 Å². The molecule has 0 unspecified atom stereocenters. The molecule has 158 valence electrons. The maximum atomic E-state index is 5.45. The van der Waals surface area contributed by atoms with Crippen LogP contribution in [0.5, 0.6) is 5.75 Å². The van der Waals surface area contributed by atoms with Gasteiger partial charge >= 0.3 is 0 Å². The smallest absolute Gasteiger partial charge is 0.202 e. The molecule has 5 rings (SSSR count). The number of hydrogen-bond acceptors (Lipinski definition) is 7. The van der Waals surface area contributed by atoms with Crippen molar-refractivity contribution >= 4 is 11.8 Å². The Morgan fingerprint density at radius 3 is 2.83 bits per heavy atom. The summed E-state index contributed by atoms with van der Waals surface area (Å²) in [5.41, 5.74) is 2.69. The fraction of sp³-hybridized carbons (Fsp3) is 0.500. The van der Waals surface area contributed by atoms with Crippen molar-refractivity contribution in [2.75, 3.05) is 32.5 Å². The van der Waals surface area contributed by atoms with Gasteiger partial charge in [-0.1, -0.05) is 23.9 Å². The summed E-state index contributed by atoms with van der Waals surface area (Å²) < 4.78 is 12.7. The Kier molecular flexibility index (Phi) is 5.06. The average molecular weight is 426 g/mol. The normalized spacial score (nSPS) is 23.0. The number of ether oxygens (including phenoxy) is 1. The Balaban J connectivity index is 1.12. The van der Waals surface area contributed by atoms with Gasteiger partial charge in [-0.3, -0.25) is 0 Å². The Bertz CT molecular complexity index is 1030. The fourth-order valence-electron chi connectivity index (χ4n) is 4.73. The summed E-state index contributed by atoms with van der Waals surface area (Å²) in [5, 5.41) is 9.53. The first-order chi connectivity index (χ1) is 14.6. The molecule has 1 aromatic carbocycles. The van der Waals surface area contributed by atoms with E-state index >= 15 is 0 Å². The largest absolute Gasteiger partial charge is 0.497 e. The fourth-order valence-corrected chi connectivity index (χ4v) is 5.57. The van der Waals surface area contributed by atoms with Crippen molar-refractivity contribution in [1.29, 1.82) is 0 Å². The van der Waals surface area contributed by atoms with E-state index < -0.39 is 0 Å². The third-order valence-electron chi connectivity index (χ3n) is 6.51. The SMILES string of the molecule is COc1ccc([C@@]23C[C@H]2CN(CCCSc2nnc(-c4ocnc4C)n2C)C3)cc1. The van der Waals surface area contributed by atoms with Gasteiger partial charge < -0.3 is 18.6 Å². The highest BCUT2D eigenvalue weighted by Crippen LogP contribution is 2.59. The number of oxazole rings is 1. The number of nitrogens with zero attached hydrogens (tertiary/aromatic N) is 5. The Morgan fingerprint density at radius 1 is 1.27 bits per heavy atom. The molecule has 2 fully saturated rings. The van der Waals surface area contributed by atoms with Crippen LogP contribution in [0.15, 0.2) is 40.2 Å². The van der Waals surface area contributed by atoms with E-state index in [1.807, 2.05) is 18.5 Å². The molecule has 1 aliphatic heterocycles. The van der Waals surface area contributed by atoms with Crippen molar-refractivity contribution in [3.63, 3.8) is 0 Å². The zero-order valence-electron chi connectivity index (χ0n) is 17.7. The van der Waals surface area contributed by atoms with Crippen molar-refractivity contribution in [2.45, 2.75) is 30.3 Å². The minimum absolute atomic E-state index is 0.382. The minimum atomic E-state index is 0.382. The van der Waals surface area contributed by atoms with Crippen LogP contribution in [0.25, 0.3) is 11.6 Å². The standard InChI is InChI=1S/C22H27N5O2S/c1-15-19(29-14-23-15)20-24-25-21(26(20)2)30-10-4-9-27-12-17-11-22(17,13-27)16-5-7-18(28-3)8-6-16/h5-8,14,17H,4,9-13H2,1-3H3/t17-,22-/m0/s1. The number of hydrogen-bond donors (Lipinski definition) is 0. The third kappa shape index (κ3) is 3.41. The Labute approximate surface area is 180 Å². The van der Waals surface area contributed by atoms with Crippen LogP contribution in [0, 0.1) is 12.8 Å². The van der Waals surface area contributed by atoms with E-state index in [1.54, 1.807) is 18.9 Å². The quantitative estimate of drug-likeness (QED) is 0.404. The first-order valence-electron chi connectivity index (χ1n) is 10.4. The van der Waals surface area contributed by atoms with Crippen LogP contribution in [-0.2, 0) is 12.5 Å². The molecule has 0 N–H and O–H groups in total. The van der Waals surface area contributed by atoms with Gasteiger partial charge in [0, 0.05) is 31.3 Å². The van der Waals surface area contributed by atoms with Crippen LogP contribution in [0.1, 0.15) is 24.1 Å². The van der Waals surface area contributed by atoms with E-state index in [1.165, 1.54) is 31.5 Å². The summed E-state index contributed by atoms with van der Waals surface area (Å²) in [6, 6.07) is 8.68. The van der Waals surface area contributed by atoms with Crippen LogP contribution < -0.4 is 4.74 Å². The monoisotopic (exact) mass is 425 g/mol. The van der Waals surface area contributed by atoms with Gasteiger partial charge in [0.05, 0.1) is 12.8 Å². The molecule has 1 aliphatic carbocycles. The number of rotatable bonds is 8. The molecule has 3 aromatic rings. The highest BCUT2D eigenvalue weighted by Gasteiger charge is 2.60. The second kappa shape index (κ2) is 7.74. The summed E-state index contributed by atoms with van der Waals surface area (Å²) in [5.74, 6) is 4.19. The number of piperidine rings is 1. The summed E-state index contributed by atoms with van der Waals surface area (Å²) in [7, 11) is 3.70. The Morgan fingerprint density at radius 2 is 2.10 bits per heavy atom. The van der Waals surface area contributed by atoms with Gasteiger partial charge in [-0.15, -0.1) is 10.2 Å². The second-order valence-electron chi connectivity index (χ2n) is 8.35. The molecule has 0 bridgehead atoms. The van der Waals surface area contributed by atoms with Gasteiger partial charge in [0.1, 0.15) is 5.75 Å². The van der Waals surface area contributed by atoms with Gasteiger partial charge in [-0.05, 0) is 49.9 Å². The lowest BCUT2D eigenvalue weighted by molar-refractivity contribution is 0.299. The van der Waals surface area contributed by atoms with Crippen LogP contribution >= 0.6 is 11.8 Å². The molecule has 0 radical (unpaired) electrons. The maximum absolute atomic E-state index is 5.45. The highest BCUT2D eigenvalue weighted by atomic mass is 32.2. The molecular formula is C22H27N5O2S. The molecule has 7 nitrogen and oxygen atoms in total. The molecule has 8 heteroatoms. The molecule has 0 spiro atoms. The van der Waals surface area contributed by atoms with Crippen LogP contribution in [0.3, 0.4) is 0 Å². The molecule has 0 amide bonds. The topological polar surface area (TPSA) is 69.2 Å². The Hall–Kier alpha value is -2.32. The number of methoxy groups -OCH3 is 1. The summed E-state index contributed by atoms with van der Waals surface area (Å²) in [6.45, 7) is 5.44. The molecular weight excluding hydrogens is 398 g/mol. The summed E-state index contributed by atoms with van der Waals surface area (Å²) in [4.78, 5) is 6.77. The van der Waals surface area contributed by atoms with Gasteiger partial charge in [0.25, 0.3) is 0 Å². The first-order valence-corrected chi connectivity index (χ1v) is 11.4. The average Bonchev–Trinajstić information content (AvgIpc) is 3.05. The summed E-state index contributed by atoms with van der Waals surface area (Å²) in [6.07, 6.45) is 3.92. The lowest BCUT2D eigenvalue weighted by atomic mass is 9.95. The van der Waals surface area contributed by atoms with E-state index in [0.29, 0.717) is 11.2 Å². The zero-order chi connectivity index (χ0) is 20.7. The van der Waals surface area contributed by atoms with Gasteiger partial charge in [0.2, 0.25) is 5.82 Å². The second-order valence-corrected chi connectivity index (χ2v) is 9.42. The number of fused-ring (bicyclic) bond motifs is 1. The van der Waals surface area contributed by atoms with Crippen LogP contribution in [0.2, 0.25) is 0 Å². The van der Waals surface area contributed by atoms with Crippen molar-refractivity contribution in [3.8, 4) is 17.3 Å². The van der Waals surface area contributed by atoms with Crippen molar-refractivity contribution in [3.05, 3.63) is 41.9 Å². The zero-order valence-corrected chi connectivity index (χ0v) is 18.5. The molecule has 1 saturated carbocycles. The predicted octanol–water partition coefficient (Wildman–Crippen LogP) is 3.54. The molecule has 30 heavy (non-hydrogen) atoms. The maximum Gasteiger partial charge on any atom is 0.202 e. The lowest BCUT2D eigenvalue weighted by Crippen LogP contribution is -2.27. The van der Waals surface area contributed by atoms with Crippen LogP contribution in [0.4, 0.5) is 0 Å². The molecule has 2 aliphatic rings. The van der Waals surface area contributed by atoms with Gasteiger partial charge in [-0.25, -0.2) is 4.98 Å². The van der Waals surface area contributed by atoms with E-state index in [9.17, 15) is 0 Å². The molecule has 2 aromatic heterocycles. The van der Waals surface area contributed by atoms with E-state index in [0.717, 1.165) is 47.1 Å². The number of aromatic nitrogens is 4. The predicted molar refractivity (Wildman–Crippen MR) is 116 cm³/mol. The summed E-state index contributed by atoms with van der Waals surface area (Å²) >= 11 is 1.75. The number of aryl methyl sites for hydroxylation is 1. The van der Waals surface area contributed by atoms with E-state index in [4.69, 9.17) is 9.15 Å². The molecule has 2 atom stereocenters. The van der Waals surface area contributed by atoms with E-state index in [-0.39, 0.29) is 0 Å². The lowest BCUT2D eigenvalue weighted by Gasteiger charge is -2.21. The molecule has 3 heterocycles. The first kappa shape index (κ1) is 19.6. The van der Waals surface area contributed by atoms with E-state index in [2.05, 4.69) is 44.3 Å². The van der Waals surface area contributed by atoms with Crippen molar-refractivity contribution in [1.82, 2.24) is 24.6 Å². The number of thioether (sulfide) groups is 1. The molecule has 1 saturated heterocycles. The highest BCUT2D eigenvalue weighted by molar-refractivity contribution is 7.99. The van der Waals surface area contributed by atoms with Crippen molar-refractivity contribution in [2.24, 2.45) is 13.0 Å².